The molecule has 4 heteroatoms. The highest BCUT2D eigenvalue weighted by Gasteiger charge is 2.39. The van der Waals surface area contributed by atoms with E-state index in [0.29, 0.717) is 17.7 Å². The molecule has 2 bridgehead atoms. The molecule has 0 saturated carbocycles. The summed E-state index contributed by atoms with van der Waals surface area (Å²) in [5.41, 5.74) is 0.854. The van der Waals surface area contributed by atoms with Gasteiger partial charge in [0.25, 0.3) is 0 Å². The predicted octanol–water partition coefficient (Wildman–Crippen LogP) is 1.79. The van der Waals surface area contributed by atoms with Gasteiger partial charge in [-0.05, 0) is 19.4 Å². The molecule has 0 N–H and O–H groups in total. The van der Waals surface area contributed by atoms with Crippen LogP contribution in [0.3, 0.4) is 0 Å². The number of piperidine rings is 1. The van der Waals surface area contributed by atoms with E-state index in [9.17, 15) is 4.79 Å². The van der Waals surface area contributed by atoms with Crippen LogP contribution in [0, 0.1) is 11.8 Å². The molecule has 4 nitrogen and oxygen atoms in total. The molecule has 1 aliphatic carbocycles. The number of Topliss-reactive ketones (excluding diaryl/α,β-unsaturated/α-hetero) is 1. The average molecular weight is 271 g/mol. The first-order valence-corrected chi connectivity index (χ1v) is 6.64. The van der Waals surface area contributed by atoms with Gasteiger partial charge in [0.1, 0.15) is 0 Å². The van der Waals surface area contributed by atoms with Gasteiger partial charge in [0.15, 0.2) is 5.78 Å². The van der Waals surface area contributed by atoms with Crippen molar-refractivity contribution in [3.63, 3.8) is 0 Å². The third-order valence-corrected chi connectivity index (χ3v) is 3.98. The number of likely N-dealkylation sites (N-methyl/N-ethyl adjacent to an activating group) is 1. The lowest BCUT2D eigenvalue weighted by molar-refractivity contribution is -0.191. The number of rotatable bonds is 2. The summed E-state index contributed by atoms with van der Waals surface area (Å²) in [7, 11) is 2.12. The number of carbonyl (C=O) groups is 1. The molecule has 0 aromatic heterocycles. The van der Waals surface area contributed by atoms with Crippen LogP contribution < -0.4 is 0 Å². The molecule has 20 heavy (non-hydrogen) atoms. The lowest BCUT2D eigenvalue weighted by Gasteiger charge is -2.44. The molecule has 2 aliphatic heterocycles. The first-order valence-electron chi connectivity index (χ1n) is 6.64. The van der Waals surface area contributed by atoms with Gasteiger partial charge >= 0.3 is 6.15 Å². The van der Waals surface area contributed by atoms with Crippen LogP contribution in [-0.2, 0) is 9.59 Å². The number of hydrogen-bond acceptors (Lipinski definition) is 4. The Morgan fingerprint density at radius 2 is 1.85 bits per heavy atom. The van der Waals surface area contributed by atoms with Crippen molar-refractivity contribution < 1.29 is 14.4 Å². The van der Waals surface area contributed by atoms with E-state index in [4.69, 9.17) is 9.59 Å². The summed E-state index contributed by atoms with van der Waals surface area (Å²) in [6.45, 7) is 1.10. The Balaban J connectivity index is 0.000000452. The summed E-state index contributed by atoms with van der Waals surface area (Å²) in [6, 6.07) is 9.98. The van der Waals surface area contributed by atoms with Crippen molar-refractivity contribution in [1.82, 2.24) is 4.90 Å². The highest BCUT2D eigenvalue weighted by Crippen LogP contribution is 2.35. The molecule has 0 spiro atoms. The molecule has 4 rings (SSSR count). The maximum Gasteiger partial charge on any atom is 0.373 e. The topological polar surface area (TPSA) is 54.5 Å². The number of benzene rings is 1. The van der Waals surface area contributed by atoms with Crippen molar-refractivity contribution in [2.75, 3.05) is 13.6 Å². The summed E-state index contributed by atoms with van der Waals surface area (Å²) in [4.78, 5) is 31.0. The second-order valence-electron chi connectivity index (χ2n) is 5.23. The Morgan fingerprint density at radius 3 is 2.40 bits per heavy atom. The molecule has 3 atom stereocenters. The fraction of sp³-hybridized carbons (Fsp3) is 0.375. The molecule has 1 aromatic carbocycles. The van der Waals surface area contributed by atoms with E-state index in [0.717, 1.165) is 18.5 Å². The lowest BCUT2D eigenvalue weighted by Crippen LogP contribution is -2.50. The second-order valence-corrected chi connectivity index (χ2v) is 5.23. The Kier molecular flexibility index (Phi) is 4.61. The van der Waals surface area contributed by atoms with Crippen LogP contribution in [0.1, 0.15) is 16.8 Å². The van der Waals surface area contributed by atoms with E-state index in [1.54, 1.807) is 0 Å². The van der Waals surface area contributed by atoms with Gasteiger partial charge in [0.2, 0.25) is 0 Å². The van der Waals surface area contributed by atoms with Crippen LogP contribution in [0.4, 0.5) is 0 Å². The lowest BCUT2D eigenvalue weighted by atomic mass is 9.74. The average Bonchev–Trinajstić information content (AvgIpc) is 2.48. The van der Waals surface area contributed by atoms with Gasteiger partial charge in [-0.25, -0.2) is 0 Å². The molecule has 104 valence electrons. The van der Waals surface area contributed by atoms with Crippen molar-refractivity contribution in [3.8, 4) is 0 Å². The van der Waals surface area contributed by atoms with Crippen LogP contribution in [-0.4, -0.2) is 36.5 Å². The highest BCUT2D eigenvalue weighted by molar-refractivity contribution is 5.98. The Morgan fingerprint density at radius 1 is 1.20 bits per heavy atom. The number of nitrogens with zero attached hydrogens (tertiary/aromatic N) is 1. The summed E-state index contributed by atoms with van der Waals surface area (Å²) in [5.74, 6) is 1.00. The van der Waals surface area contributed by atoms with Crippen LogP contribution in [0.2, 0.25) is 0 Å². The Hall–Kier alpha value is -2.03. The fourth-order valence-corrected chi connectivity index (χ4v) is 3.11. The standard InChI is InChI=1S/C15H17NO.CO2/c1-16-10-11-7-8-14(16)13(9-11)15(17)12-5-3-2-4-6-12;2-1-3/h2-8,11,13-14H,9-10H2,1H3;. The Bertz CT molecular complexity index is 532. The quantitative estimate of drug-likeness (QED) is 0.608. The summed E-state index contributed by atoms with van der Waals surface area (Å²) in [6.07, 6.45) is 5.75. The van der Waals surface area contributed by atoms with Gasteiger partial charge in [-0.3, -0.25) is 9.69 Å². The van der Waals surface area contributed by atoms with E-state index in [-0.39, 0.29) is 12.1 Å². The van der Waals surface area contributed by atoms with Crippen molar-refractivity contribution in [1.29, 1.82) is 0 Å². The molecule has 2 heterocycles. The molecular weight excluding hydrogens is 254 g/mol. The molecule has 0 amide bonds. The van der Waals surface area contributed by atoms with Gasteiger partial charge in [0, 0.05) is 24.1 Å². The van der Waals surface area contributed by atoms with Crippen LogP contribution in [0.25, 0.3) is 0 Å². The van der Waals surface area contributed by atoms with Crippen molar-refractivity contribution >= 4 is 11.9 Å². The van der Waals surface area contributed by atoms with Gasteiger partial charge in [-0.2, -0.15) is 9.59 Å². The van der Waals surface area contributed by atoms with Gasteiger partial charge < -0.3 is 0 Å². The van der Waals surface area contributed by atoms with Crippen molar-refractivity contribution in [3.05, 3.63) is 48.0 Å². The van der Waals surface area contributed by atoms with E-state index in [2.05, 4.69) is 24.1 Å². The largest absolute Gasteiger partial charge is 0.373 e. The smallest absolute Gasteiger partial charge is 0.299 e. The van der Waals surface area contributed by atoms with Gasteiger partial charge in [0.05, 0.1) is 0 Å². The molecule has 1 saturated heterocycles. The van der Waals surface area contributed by atoms with Crippen LogP contribution in [0.15, 0.2) is 42.5 Å². The van der Waals surface area contributed by atoms with E-state index in [1.165, 1.54) is 0 Å². The van der Waals surface area contributed by atoms with E-state index < -0.39 is 0 Å². The minimum absolute atomic E-state index is 0.145. The SMILES string of the molecule is CN1CC2C=CC1C(C(=O)c1ccccc1)C2.O=C=O. The molecule has 3 aliphatic rings. The number of fused-ring (bicyclic) bond motifs is 2. The van der Waals surface area contributed by atoms with E-state index >= 15 is 0 Å². The normalized spacial score (nSPS) is 27.4. The zero-order chi connectivity index (χ0) is 14.5. The second kappa shape index (κ2) is 6.42. The maximum absolute atomic E-state index is 12.5. The number of carbonyl (C=O) groups excluding carboxylic acids is 3. The van der Waals surface area contributed by atoms with Crippen molar-refractivity contribution in [2.45, 2.75) is 12.5 Å². The molecular formula is C16H17NO3. The number of hydrogen-bond donors (Lipinski definition) is 0. The zero-order valence-electron chi connectivity index (χ0n) is 11.4. The zero-order valence-corrected chi connectivity index (χ0v) is 11.4. The first-order chi connectivity index (χ1) is 9.67. The van der Waals surface area contributed by atoms with Crippen LogP contribution >= 0.6 is 0 Å². The molecule has 0 radical (unpaired) electrons. The summed E-state index contributed by atoms with van der Waals surface area (Å²) >= 11 is 0. The summed E-state index contributed by atoms with van der Waals surface area (Å²) in [5, 5.41) is 0. The Labute approximate surface area is 118 Å². The highest BCUT2D eigenvalue weighted by atomic mass is 16.2. The molecule has 3 unspecified atom stereocenters. The van der Waals surface area contributed by atoms with Crippen molar-refractivity contribution in [2.24, 2.45) is 11.8 Å². The minimum Gasteiger partial charge on any atom is -0.299 e. The molecule has 1 fully saturated rings. The first kappa shape index (κ1) is 14.4. The van der Waals surface area contributed by atoms with Crippen LogP contribution in [0.5, 0.6) is 0 Å². The van der Waals surface area contributed by atoms with Gasteiger partial charge in [-0.15, -0.1) is 0 Å². The summed E-state index contributed by atoms with van der Waals surface area (Å²) < 4.78 is 0. The monoisotopic (exact) mass is 271 g/mol. The fourth-order valence-electron chi connectivity index (χ4n) is 3.11. The van der Waals surface area contributed by atoms with E-state index in [1.807, 2.05) is 30.3 Å². The molecule has 1 aromatic rings. The third-order valence-electron chi connectivity index (χ3n) is 3.98. The minimum atomic E-state index is 0.145. The number of ketones is 1. The third kappa shape index (κ3) is 2.93. The maximum atomic E-state index is 12.5. The predicted molar refractivity (Wildman–Crippen MR) is 72.9 cm³/mol. The van der Waals surface area contributed by atoms with Gasteiger partial charge in [-0.1, -0.05) is 42.5 Å².